The highest BCUT2D eigenvalue weighted by atomic mass is 79.9. The van der Waals surface area contributed by atoms with Crippen LogP contribution in [0.1, 0.15) is 24.0 Å². The van der Waals surface area contributed by atoms with E-state index in [0.29, 0.717) is 10.9 Å². The van der Waals surface area contributed by atoms with E-state index >= 15 is 0 Å². The topological polar surface area (TPSA) is 69.2 Å². The number of nitriles is 1. The van der Waals surface area contributed by atoms with E-state index in [9.17, 15) is 5.26 Å². The Bertz CT molecular complexity index is 1360. The molecule has 1 aliphatic rings. The number of hydrogen-bond acceptors (Lipinski definition) is 5. The molecule has 5 rings (SSSR count). The third kappa shape index (κ3) is 4.80. The van der Waals surface area contributed by atoms with Gasteiger partial charge in [-0.3, -0.25) is 4.90 Å². The summed E-state index contributed by atoms with van der Waals surface area (Å²) in [6, 6.07) is 19.9. The van der Waals surface area contributed by atoms with Crippen molar-refractivity contribution in [2.24, 2.45) is 5.92 Å². The molecule has 0 saturated carbocycles. The number of anilines is 1. The van der Waals surface area contributed by atoms with Gasteiger partial charge < -0.3 is 5.32 Å². The number of likely N-dealkylation sites (tertiary alicyclic amines) is 1. The number of rotatable bonds is 6. The first kappa shape index (κ1) is 22.9. The second kappa shape index (κ2) is 10.1. The number of halogens is 2. The SMILES string of the molecule is N#Cc1ccccc1CN1CCCC(CNc2cc(-c3ccccc3Cl)nc3c(Br)cnn23)C1. The highest BCUT2D eigenvalue weighted by Gasteiger charge is 2.21. The second-order valence-electron chi connectivity index (χ2n) is 8.63. The Morgan fingerprint density at radius 2 is 2.00 bits per heavy atom. The zero-order valence-corrected chi connectivity index (χ0v) is 20.9. The van der Waals surface area contributed by atoms with Crippen molar-refractivity contribution in [1.82, 2.24) is 19.5 Å². The van der Waals surface area contributed by atoms with E-state index in [0.717, 1.165) is 77.3 Å². The van der Waals surface area contributed by atoms with Crippen molar-refractivity contribution in [1.29, 1.82) is 5.26 Å². The Balaban J connectivity index is 1.33. The number of hydrogen-bond donors (Lipinski definition) is 1. The van der Waals surface area contributed by atoms with E-state index in [1.165, 1.54) is 0 Å². The number of nitrogens with one attached hydrogen (secondary N) is 1. The van der Waals surface area contributed by atoms with Crippen molar-refractivity contribution in [3.8, 4) is 17.3 Å². The smallest absolute Gasteiger partial charge is 0.172 e. The summed E-state index contributed by atoms with van der Waals surface area (Å²) < 4.78 is 2.67. The highest BCUT2D eigenvalue weighted by Crippen LogP contribution is 2.30. The second-order valence-corrected chi connectivity index (χ2v) is 9.89. The Hall–Kier alpha value is -2.92. The van der Waals surface area contributed by atoms with E-state index in [1.807, 2.05) is 53.0 Å². The van der Waals surface area contributed by atoms with E-state index in [-0.39, 0.29) is 0 Å². The lowest BCUT2D eigenvalue weighted by atomic mass is 9.97. The fraction of sp³-hybridized carbons (Fsp3) is 0.269. The van der Waals surface area contributed by atoms with Gasteiger partial charge in [-0.25, -0.2) is 4.98 Å². The molecule has 6 nitrogen and oxygen atoms in total. The molecule has 1 fully saturated rings. The van der Waals surface area contributed by atoms with E-state index in [4.69, 9.17) is 16.6 Å². The van der Waals surface area contributed by atoms with Crippen LogP contribution in [0.25, 0.3) is 16.9 Å². The molecule has 172 valence electrons. The molecule has 1 unspecified atom stereocenters. The summed E-state index contributed by atoms with van der Waals surface area (Å²) >= 11 is 10.0. The van der Waals surface area contributed by atoms with Crippen LogP contribution in [0.3, 0.4) is 0 Å². The summed E-state index contributed by atoms with van der Waals surface area (Å²) in [6.07, 6.45) is 4.07. The maximum Gasteiger partial charge on any atom is 0.172 e. The molecule has 1 saturated heterocycles. The normalized spacial score (nSPS) is 16.4. The largest absolute Gasteiger partial charge is 0.370 e. The van der Waals surface area contributed by atoms with Gasteiger partial charge in [0, 0.05) is 36.3 Å². The van der Waals surface area contributed by atoms with Crippen LogP contribution in [-0.4, -0.2) is 39.1 Å². The van der Waals surface area contributed by atoms with Crippen molar-refractivity contribution >= 4 is 39.0 Å². The van der Waals surface area contributed by atoms with Gasteiger partial charge >= 0.3 is 0 Å². The lowest BCUT2D eigenvalue weighted by molar-refractivity contribution is 0.173. The molecule has 3 heterocycles. The van der Waals surface area contributed by atoms with Crippen molar-refractivity contribution in [3.63, 3.8) is 0 Å². The monoisotopic (exact) mass is 534 g/mol. The number of aromatic nitrogens is 3. The summed E-state index contributed by atoms with van der Waals surface area (Å²) in [5.41, 5.74) is 4.31. The molecule has 0 radical (unpaired) electrons. The van der Waals surface area contributed by atoms with Gasteiger partial charge in [0.1, 0.15) is 5.82 Å². The summed E-state index contributed by atoms with van der Waals surface area (Å²) in [4.78, 5) is 7.24. The predicted molar refractivity (Wildman–Crippen MR) is 139 cm³/mol. The Morgan fingerprint density at radius 1 is 1.18 bits per heavy atom. The third-order valence-corrected chi connectivity index (χ3v) is 7.17. The average Bonchev–Trinajstić information content (AvgIpc) is 3.24. The number of benzene rings is 2. The molecule has 4 aromatic rings. The average molecular weight is 536 g/mol. The van der Waals surface area contributed by atoms with Crippen molar-refractivity contribution in [3.05, 3.63) is 81.4 Å². The molecular formula is C26H24BrClN6. The van der Waals surface area contributed by atoms with Gasteiger partial charge in [0.15, 0.2) is 5.65 Å². The minimum atomic E-state index is 0.494. The summed E-state index contributed by atoms with van der Waals surface area (Å²) in [6.45, 7) is 3.68. The van der Waals surface area contributed by atoms with Crippen LogP contribution < -0.4 is 5.32 Å². The molecular weight excluding hydrogens is 512 g/mol. The molecule has 0 aliphatic carbocycles. The number of fused-ring (bicyclic) bond motifs is 1. The molecule has 34 heavy (non-hydrogen) atoms. The fourth-order valence-corrected chi connectivity index (χ4v) is 5.17. The Kier molecular flexibility index (Phi) is 6.82. The van der Waals surface area contributed by atoms with Crippen LogP contribution in [-0.2, 0) is 6.54 Å². The molecule has 1 N–H and O–H groups in total. The van der Waals surface area contributed by atoms with Crippen LogP contribution in [0.2, 0.25) is 5.02 Å². The highest BCUT2D eigenvalue weighted by molar-refractivity contribution is 9.10. The van der Waals surface area contributed by atoms with Crippen LogP contribution in [0, 0.1) is 17.2 Å². The minimum absolute atomic E-state index is 0.494. The van der Waals surface area contributed by atoms with Gasteiger partial charge in [-0.1, -0.05) is 48.0 Å². The van der Waals surface area contributed by atoms with Crippen LogP contribution in [0.4, 0.5) is 5.82 Å². The summed E-state index contributed by atoms with van der Waals surface area (Å²) in [7, 11) is 0. The minimum Gasteiger partial charge on any atom is -0.370 e. The molecule has 1 aliphatic heterocycles. The zero-order valence-electron chi connectivity index (χ0n) is 18.6. The Labute approximate surface area is 212 Å². The lowest BCUT2D eigenvalue weighted by Crippen LogP contribution is -2.37. The van der Waals surface area contributed by atoms with Gasteiger partial charge in [-0.2, -0.15) is 14.9 Å². The first-order valence-corrected chi connectivity index (χ1v) is 12.5. The quantitative estimate of drug-likeness (QED) is 0.327. The molecule has 0 spiro atoms. The van der Waals surface area contributed by atoms with E-state index < -0.39 is 0 Å². The third-order valence-electron chi connectivity index (χ3n) is 6.29. The van der Waals surface area contributed by atoms with Crippen molar-refractivity contribution in [2.75, 3.05) is 25.0 Å². The summed E-state index contributed by atoms with van der Waals surface area (Å²) in [5, 5.41) is 18.2. The number of piperidine rings is 1. The molecule has 2 aromatic carbocycles. The summed E-state index contributed by atoms with van der Waals surface area (Å²) in [5.74, 6) is 1.38. The van der Waals surface area contributed by atoms with Crippen LogP contribution in [0.15, 0.2) is 65.3 Å². The number of nitrogens with zero attached hydrogens (tertiary/aromatic N) is 5. The first-order valence-electron chi connectivity index (χ1n) is 11.4. The molecule has 8 heteroatoms. The van der Waals surface area contributed by atoms with Gasteiger partial charge in [0.05, 0.1) is 28.0 Å². The van der Waals surface area contributed by atoms with E-state index in [2.05, 4.69) is 43.4 Å². The molecule has 0 bridgehead atoms. The van der Waals surface area contributed by atoms with Gasteiger partial charge in [-0.05, 0) is 58.9 Å². The maximum atomic E-state index is 9.42. The maximum absolute atomic E-state index is 9.42. The molecule has 1 atom stereocenters. The van der Waals surface area contributed by atoms with Crippen LogP contribution >= 0.6 is 27.5 Å². The predicted octanol–water partition coefficient (Wildman–Crippen LogP) is 6.01. The van der Waals surface area contributed by atoms with Gasteiger partial charge in [0.25, 0.3) is 0 Å². The molecule has 0 amide bonds. The Morgan fingerprint density at radius 3 is 2.85 bits per heavy atom. The fourth-order valence-electron chi connectivity index (χ4n) is 4.59. The first-order chi connectivity index (χ1) is 16.6. The zero-order chi connectivity index (χ0) is 23.5. The van der Waals surface area contributed by atoms with Crippen molar-refractivity contribution in [2.45, 2.75) is 19.4 Å². The van der Waals surface area contributed by atoms with Gasteiger partial charge in [0.2, 0.25) is 0 Å². The van der Waals surface area contributed by atoms with Crippen LogP contribution in [0.5, 0.6) is 0 Å². The molecule has 2 aromatic heterocycles. The standard InChI is InChI=1S/C26H24BrClN6/c27-22-15-31-34-25(12-24(32-26(22)34)21-9-3-4-10-23(21)28)30-14-18-6-5-11-33(16-18)17-20-8-2-1-7-19(20)13-29/h1-4,7-10,12,15,18,30H,5-6,11,14,16-17H2. The van der Waals surface area contributed by atoms with E-state index in [1.54, 1.807) is 6.20 Å². The van der Waals surface area contributed by atoms with Crippen molar-refractivity contribution < 1.29 is 0 Å². The van der Waals surface area contributed by atoms with Gasteiger partial charge in [-0.15, -0.1) is 0 Å². The lowest BCUT2D eigenvalue weighted by Gasteiger charge is -2.33.